The van der Waals surface area contributed by atoms with E-state index in [9.17, 15) is 19.2 Å². The van der Waals surface area contributed by atoms with E-state index in [1.54, 1.807) is 49.9 Å². The number of likely N-dealkylation sites (tertiary alicyclic amines) is 1. The standard InChI is InChI=1S/C32H44N4O7/c1-31(2,3)42-28(38)33-17-15-26(35-29(39)41-21-22-11-8-7-9-12-22)23-13-10-14-24(19-23)27(37)34-25-16-18-36(20-25)30(40)43-32(4,5)6/h7-14,19,25-26H,15-18,20-21H2,1-6H3,(H,33,38)(H,34,37)(H,35,39)/t25-,26?/m0/s1. The highest BCUT2D eigenvalue weighted by atomic mass is 16.6. The molecule has 0 bridgehead atoms. The summed E-state index contributed by atoms with van der Waals surface area (Å²) in [6.45, 7) is 11.9. The Labute approximate surface area is 253 Å². The fourth-order valence-electron chi connectivity index (χ4n) is 4.40. The molecule has 0 aliphatic carbocycles. The van der Waals surface area contributed by atoms with Gasteiger partial charge in [0, 0.05) is 31.2 Å². The minimum atomic E-state index is -0.645. The summed E-state index contributed by atoms with van der Waals surface area (Å²) in [5.74, 6) is -0.296. The van der Waals surface area contributed by atoms with Gasteiger partial charge in [-0.2, -0.15) is 0 Å². The monoisotopic (exact) mass is 596 g/mol. The summed E-state index contributed by atoms with van der Waals surface area (Å²) in [7, 11) is 0. The molecule has 234 valence electrons. The number of amides is 4. The molecule has 4 amide bonds. The molecule has 2 aromatic carbocycles. The van der Waals surface area contributed by atoms with E-state index in [4.69, 9.17) is 14.2 Å². The SMILES string of the molecule is CC(C)(C)OC(=O)NCCC(NC(=O)OCc1ccccc1)c1cccc(C(=O)N[C@H]2CCN(C(=O)OC(C)(C)C)C2)c1. The van der Waals surface area contributed by atoms with Crippen molar-refractivity contribution >= 4 is 24.2 Å². The fourth-order valence-corrected chi connectivity index (χ4v) is 4.40. The van der Waals surface area contributed by atoms with Gasteiger partial charge < -0.3 is 35.1 Å². The number of rotatable bonds is 9. The van der Waals surface area contributed by atoms with Crippen LogP contribution in [0.15, 0.2) is 54.6 Å². The Bertz CT molecular complexity index is 1250. The molecular formula is C32H44N4O7. The normalized spacial score (nSPS) is 15.7. The molecule has 2 aromatic rings. The van der Waals surface area contributed by atoms with Gasteiger partial charge in [-0.3, -0.25) is 4.79 Å². The van der Waals surface area contributed by atoms with Gasteiger partial charge in [0.05, 0.1) is 6.04 Å². The minimum Gasteiger partial charge on any atom is -0.445 e. The maximum Gasteiger partial charge on any atom is 0.410 e. The van der Waals surface area contributed by atoms with E-state index < -0.39 is 35.5 Å². The van der Waals surface area contributed by atoms with Gasteiger partial charge in [0.2, 0.25) is 0 Å². The van der Waals surface area contributed by atoms with Crippen LogP contribution in [0.4, 0.5) is 14.4 Å². The molecule has 2 atom stereocenters. The summed E-state index contributed by atoms with van der Waals surface area (Å²) in [5, 5.41) is 8.56. The number of hydrogen-bond acceptors (Lipinski definition) is 7. The van der Waals surface area contributed by atoms with Crippen LogP contribution in [0.5, 0.6) is 0 Å². The van der Waals surface area contributed by atoms with Crippen LogP contribution in [0.2, 0.25) is 0 Å². The van der Waals surface area contributed by atoms with Gasteiger partial charge in [-0.1, -0.05) is 42.5 Å². The number of hydrogen-bond donors (Lipinski definition) is 3. The zero-order valence-electron chi connectivity index (χ0n) is 25.9. The summed E-state index contributed by atoms with van der Waals surface area (Å²) in [6, 6.07) is 15.4. The van der Waals surface area contributed by atoms with Crippen LogP contribution in [0.1, 0.15) is 81.9 Å². The maximum absolute atomic E-state index is 13.2. The molecule has 0 aromatic heterocycles. The zero-order chi connectivity index (χ0) is 31.6. The van der Waals surface area contributed by atoms with Crippen molar-refractivity contribution in [2.45, 2.75) is 84.3 Å². The first-order valence-corrected chi connectivity index (χ1v) is 14.5. The molecule has 3 rings (SSSR count). The van der Waals surface area contributed by atoms with E-state index in [1.165, 1.54) is 0 Å². The van der Waals surface area contributed by atoms with Gasteiger partial charge in [-0.05, 0) is 77.6 Å². The first-order valence-electron chi connectivity index (χ1n) is 14.5. The third-order valence-electron chi connectivity index (χ3n) is 6.33. The first-order chi connectivity index (χ1) is 20.2. The third kappa shape index (κ3) is 11.9. The number of carbonyl (C=O) groups excluding carboxylic acids is 4. The van der Waals surface area contributed by atoms with Gasteiger partial charge in [-0.25, -0.2) is 14.4 Å². The lowest BCUT2D eigenvalue weighted by Gasteiger charge is -2.24. The third-order valence-corrected chi connectivity index (χ3v) is 6.33. The van der Waals surface area contributed by atoms with E-state index in [0.717, 1.165) is 5.56 Å². The predicted octanol–water partition coefficient (Wildman–Crippen LogP) is 5.31. The second-order valence-corrected chi connectivity index (χ2v) is 12.5. The molecule has 1 unspecified atom stereocenters. The Morgan fingerprint density at radius 3 is 2.28 bits per heavy atom. The Hall–Kier alpha value is -4.28. The van der Waals surface area contributed by atoms with E-state index in [0.29, 0.717) is 37.1 Å². The summed E-state index contributed by atoms with van der Waals surface area (Å²) < 4.78 is 16.2. The molecule has 1 saturated heterocycles. The topological polar surface area (TPSA) is 135 Å². The second-order valence-electron chi connectivity index (χ2n) is 12.5. The van der Waals surface area contributed by atoms with Crippen molar-refractivity contribution in [1.29, 1.82) is 0 Å². The number of ether oxygens (including phenoxy) is 3. The molecule has 1 fully saturated rings. The summed E-state index contributed by atoms with van der Waals surface area (Å²) in [6.07, 6.45) is -0.673. The first kappa shape index (κ1) is 33.2. The lowest BCUT2D eigenvalue weighted by atomic mass is 10.0. The molecule has 3 N–H and O–H groups in total. The van der Waals surface area contributed by atoms with Crippen LogP contribution in [0.25, 0.3) is 0 Å². The van der Waals surface area contributed by atoms with Gasteiger partial charge in [0.15, 0.2) is 0 Å². The van der Waals surface area contributed by atoms with Crippen molar-refractivity contribution in [3.63, 3.8) is 0 Å². The summed E-state index contributed by atoms with van der Waals surface area (Å²) in [5.41, 5.74) is 0.666. The highest BCUT2D eigenvalue weighted by Gasteiger charge is 2.31. The highest BCUT2D eigenvalue weighted by molar-refractivity contribution is 5.94. The van der Waals surface area contributed by atoms with E-state index >= 15 is 0 Å². The van der Waals surface area contributed by atoms with Crippen LogP contribution in [-0.2, 0) is 20.8 Å². The van der Waals surface area contributed by atoms with Crippen LogP contribution in [0, 0.1) is 0 Å². The highest BCUT2D eigenvalue weighted by Crippen LogP contribution is 2.20. The van der Waals surface area contributed by atoms with Gasteiger partial charge in [-0.15, -0.1) is 0 Å². The molecule has 1 aliphatic rings. The molecule has 1 aliphatic heterocycles. The Morgan fingerprint density at radius 2 is 1.60 bits per heavy atom. The number of nitrogens with one attached hydrogen (secondary N) is 3. The average molecular weight is 597 g/mol. The Kier molecular flexibility index (Phi) is 11.4. The molecule has 1 heterocycles. The van der Waals surface area contributed by atoms with E-state index in [1.807, 2.05) is 51.1 Å². The lowest BCUT2D eigenvalue weighted by molar-refractivity contribution is 0.0289. The average Bonchev–Trinajstić information content (AvgIpc) is 3.39. The number of alkyl carbamates (subject to hydrolysis) is 2. The number of nitrogens with zero attached hydrogens (tertiary/aromatic N) is 1. The summed E-state index contributed by atoms with van der Waals surface area (Å²) in [4.78, 5) is 52.1. The molecule has 0 radical (unpaired) electrons. The predicted molar refractivity (Wildman–Crippen MR) is 161 cm³/mol. The number of carbonyl (C=O) groups is 4. The van der Waals surface area contributed by atoms with Crippen molar-refractivity contribution in [3.05, 3.63) is 71.3 Å². The molecule has 43 heavy (non-hydrogen) atoms. The zero-order valence-corrected chi connectivity index (χ0v) is 25.9. The van der Waals surface area contributed by atoms with Crippen LogP contribution in [0.3, 0.4) is 0 Å². The van der Waals surface area contributed by atoms with Crippen molar-refractivity contribution < 1.29 is 33.4 Å². The largest absolute Gasteiger partial charge is 0.445 e. The van der Waals surface area contributed by atoms with Gasteiger partial charge in [0.1, 0.15) is 17.8 Å². The Balaban J connectivity index is 1.65. The minimum absolute atomic E-state index is 0.0969. The second kappa shape index (κ2) is 14.8. The lowest BCUT2D eigenvalue weighted by Crippen LogP contribution is -2.40. The van der Waals surface area contributed by atoms with Gasteiger partial charge >= 0.3 is 18.3 Å². The molecule has 0 saturated carbocycles. The fraction of sp³-hybridized carbons (Fsp3) is 0.500. The van der Waals surface area contributed by atoms with Crippen molar-refractivity contribution in [2.75, 3.05) is 19.6 Å². The smallest absolute Gasteiger partial charge is 0.410 e. The van der Waals surface area contributed by atoms with Crippen LogP contribution < -0.4 is 16.0 Å². The quantitative estimate of drug-likeness (QED) is 0.334. The number of benzene rings is 2. The molecule has 11 nitrogen and oxygen atoms in total. The summed E-state index contributed by atoms with van der Waals surface area (Å²) >= 11 is 0. The molecule has 0 spiro atoms. The molecular weight excluding hydrogens is 552 g/mol. The van der Waals surface area contributed by atoms with Crippen LogP contribution >= 0.6 is 0 Å². The maximum atomic E-state index is 13.2. The van der Waals surface area contributed by atoms with E-state index in [2.05, 4.69) is 16.0 Å². The van der Waals surface area contributed by atoms with Crippen molar-refractivity contribution in [2.24, 2.45) is 0 Å². The van der Waals surface area contributed by atoms with Crippen molar-refractivity contribution in [3.8, 4) is 0 Å². The molecule has 11 heteroatoms. The van der Waals surface area contributed by atoms with Gasteiger partial charge in [0.25, 0.3) is 5.91 Å². The van der Waals surface area contributed by atoms with Crippen molar-refractivity contribution in [1.82, 2.24) is 20.9 Å². The van der Waals surface area contributed by atoms with Crippen LogP contribution in [-0.4, -0.2) is 66.0 Å². The van der Waals surface area contributed by atoms with E-state index in [-0.39, 0.29) is 25.1 Å². The Morgan fingerprint density at radius 1 is 0.907 bits per heavy atom.